The van der Waals surface area contributed by atoms with Crippen LogP contribution >= 0.6 is 0 Å². The minimum Gasteiger partial charge on any atom is -0.383 e. The van der Waals surface area contributed by atoms with Crippen molar-refractivity contribution in [3.05, 3.63) is 53.5 Å². The smallest absolute Gasteiger partial charge is 0.158 e. The van der Waals surface area contributed by atoms with Gasteiger partial charge in [-0.05, 0) is 47.7 Å². The molecule has 1 aromatic carbocycles. The van der Waals surface area contributed by atoms with Crippen LogP contribution in [-0.2, 0) is 9.47 Å². The summed E-state index contributed by atoms with van der Waals surface area (Å²) in [5, 5.41) is 5.62. The number of nitrogens with one attached hydrogen (secondary N) is 1. The normalized spacial score (nSPS) is 17.7. The highest BCUT2D eigenvalue weighted by molar-refractivity contribution is 5.92. The predicted molar refractivity (Wildman–Crippen MR) is 126 cm³/mol. The molecule has 1 atom stereocenters. The summed E-state index contributed by atoms with van der Waals surface area (Å²) in [4.78, 5) is 10.5. The van der Waals surface area contributed by atoms with E-state index < -0.39 is 0 Å². The molecule has 0 spiro atoms. The third-order valence-corrected chi connectivity index (χ3v) is 6.42. The Bertz CT molecular complexity index is 1240. The van der Waals surface area contributed by atoms with Gasteiger partial charge in [0.2, 0.25) is 0 Å². The van der Waals surface area contributed by atoms with Crippen molar-refractivity contribution in [3.63, 3.8) is 0 Å². The van der Waals surface area contributed by atoms with Crippen LogP contribution in [-0.4, -0.2) is 64.4 Å². The molecule has 1 aliphatic rings. The third-order valence-electron chi connectivity index (χ3n) is 6.42. The predicted octanol–water partition coefficient (Wildman–Crippen LogP) is 4.33. The molecule has 0 saturated carbocycles. The number of rotatable bonds is 6. The van der Waals surface area contributed by atoms with Crippen molar-refractivity contribution in [2.75, 3.05) is 40.0 Å². The van der Waals surface area contributed by atoms with Gasteiger partial charge in [-0.1, -0.05) is 19.9 Å². The summed E-state index contributed by atoms with van der Waals surface area (Å²) >= 11 is 0. The lowest BCUT2D eigenvalue weighted by Crippen LogP contribution is -2.40. The molecule has 32 heavy (non-hydrogen) atoms. The Kier molecular flexibility index (Phi) is 5.71. The van der Waals surface area contributed by atoms with E-state index in [0.717, 1.165) is 60.8 Å². The summed E-state index contributed by atoms with van der Waals surface area (Å²) in [5.41, 5.74) is 7.99. The Morgan fingerprint density at radius 2 is 2.16 bits per heavy atom. The van der Waals surface area contributed by atoms with E-state index in [0.29, 0.717) is 5.92 Å². The highest BCUT2D eigenvalue weighted by atomic mass is 16.5. The topological polar surface area (TPSA) is 67.7 Å². The lowest BCUT2D eigenvalue weighted by molar-refractivity contribution is -0.0355. The fourth-order valence-corrected chi connectivity index (χ4v) is 4.82. The van der Waals surface area contributed by atoms with Crippen molar-refractivity contribution in [2.24, 2.45) is 0 Å². The minimum absolute atomic E-state index is 0.0807. The first kappa shape index (κ1) is 21.1. The number of hydrogen-bond acceptors (Lipinski definition) is 5. The largest absolute Gasteiger partial charge is 0.383 e. The van der Waals surface area contributed by atoms with Crippen LogP contribution in [0.1, 0.15) is 42.6 Å². The Labute approximate surface area is 188 Å². The van der Waals surface area contributed by atoms with Crippen LogP contribution in [0.4, 0.5) is 0 Å². The Balaban J connectivity index is 1.55. The van der Waals surface area contributed by atoms with Gasteiger partial charge in [-0.15, -0.1) is 0 Å². The Morgan fingerprint density at radius 1 is 1.28 bits per heavy atom. The van der Waals surface area contributed by atoms with E-state index in [1.807, 2.05) is 4.52 Å². The van der Waals surface area contributed by atoms with Crippen LogP contribution < -0.4 is 0 Å². The van der Waals surface area contributed by atoms with E-state index in [1.165, 1.54) is 16.5 Å². The zero-order valence-corrected chi connectivity index (χ0v) is 19.3. The van der Waals surface area contributed by atoms with E-state index in [4.69, 9.17) is 9.47 Å². The molecule has 1 fully saturated rings. The van der Waals surface area contributed by atoms with E-state index in [-0.39, 0.29) is 6.10 Å². The SMILES string of the molecule is COCCN1CCOC(c2ccc3[nH]c(-c4cc(C)c5ncnn5c4)c(C(C)C)c3c2)C1. The highest BCUT2D eigenvalue weighted by Crippen LogP contribution is 2.37. The van der Waals surface area contributed by atoms with Crippen molar-refractivity contribution in [1.29, 1.82) is 0 Å². The molecule has 168 valence electrons. The second kappa shape index (κ2) is 8.65. The van der Waals surface area contributed by atoms with E-state index in [9.17, 15) is 0 Å². The number of nitrogens with zero attached hydrogens (tertiary/aromatic N) is 4. The zero-order valence-electron chi connectivity index (χ0n) is 19.3. The number of aromatic amines is 1. The molecule has 0 amide bonds. The fourth-order valence-electron chi connectivity index (χ4n) is 4.82. The molecule has 0 bridgehead atoms. The molecule has 0 aliphatic carbocycles. The molecule has 7 heteroatoms. The van der Waals surface area contributed by atoms with Crippen LogP contribution in [0.2, 0.25) is 0 Å². The molecule has 3 aromatic heterocycles. The molecule has 0 radical (unpaired) electrons. The minimum atomic E-state index is 0.0807. The molecule has 1 saturated heterocycles. The number of fused-ring (bicyclic) bond motifs is 2. The van der Waals surface area contributed by atoms with Crippen molar-refractivity contribution in [1.82, 2.24) is 24.5 Å². The zero-order chi connectivity index (χ0) is 22.2. The van der Waals surface area contributed by atoms with E-state index in [2.05, 4.69) is 71.2 Å². The molecule has 5 rings (SSSR count). The number of hydrogen-bond donors (Lipinski definition) is 1. The second-order valence-electron chi connectivity index (χ2n) is 8.97. The summed E-state index contributed by atoms with van der Waals surface area (Å²) in [5.74, 6) is 0.367. The quantitative estimate of drug-likeness (QED) is 0.490. The molecule has 7 nitrogen and oxygen atoms in total. The molecule has 4 heterocycles. The van der Waals surface area contributed by atoms with Gasteiger partial charge in [0.25, 0.3) is 0 Å². The number of benzene rings is 1. The lowest BCUT2D eigenvalue weighted by atomic mass is 9.94. The number of morpholine rings is 1. The van der Waals surface area contributed by atoms with Gasteiger partial charge in [-0.2, -0.15) is 5.10 Å². The van der Waals surface area contributed by atoms with Gasteiger partial charge in [0.1, 0.15) is 6.33 Å². The maximum absolute atomic E-state index is 6.16. The highest BCUT2D eigenvalue weighted by Gasteiger charge is 2.24. The third kappa shape index (κ3) is 3.81. The number of ether oxygens (including phenoxy) is 2. The monoisotopic (exact) mass is 433 g/mol. The first-order valence-electron chi connectivity index (χ1n) is 11.3. The molecular weight excluding hydrogens is 402 g/mol. The summed E-state index contributed by atoms with van der Waals surface area (Å²) in [7, 11) is 1.75. The fraction of sp³-hybridized carbons (Fsp3) is 0.440. The van der Waals surface area contributed by atoms with Gasteiger partial charge < -0.3 is 14.5 Å². The number of pyridine rings is 1. The number of methoxy groups -OCH3 is 1. The average Bonchev–Trinajstić information content (AvgIpc) is 3.42. The standard InChI is InChI=1S/C25H31N5O2/c1-16(2)23-20-12-18(22-14-29(7-9-31-4)8-10-32-22)5-6-21(20)28-24(23)19-11-17(3)25-26-15-27-30(25)13-19/h5-6,11-13,15-16,22,28H,7-10,14H2,1-4H3. The maximum atomic E-state index is 6.16. The average molecular weight is 434 g/mol. The van der Waals surface area contributed by atoms with Crippen LogP contribution in [0, 0.1) is 6.92 Å². The number of aryl methyl sites for hydroxylation is 1. The second-order valence-corrected chi connectivity index (χ2v) is 8.97. The molecule has 1 aliphatic heterocycles. The molecule has 1 N–H and O–H groups in total. The Hall–Kier alpha value is -2.74. The lowest BCUT2D eigenvalue weighted by Gasteiger charge is -2.33. The maximum Gasteiger partial charge on any atom is 0.158 e. The number of aromatic nitrogens is 4. The van der Waals surface area contributed by atoms with E-state index in [1.54, 1.807) is 13.4 Å². The summed E-state index contributed by atoms with van der Waals surface area (Å²) in [6.45, 7) is 10.9. The Morgan fingerprint density at radius 3 is 2.97 bits per heavy atom. The van der Waals surface area contributed by atoms with Gasteiger partial charge in [0.05, 0.1) is 25.0 Å². The summed E-state index contributed by atoms with van der Waals surface area (Å²) < 4.78 is 13.3. The van der Waals surface area contributed by atoms with E-state index >= 15 is 0 Å². The first-order valence-corrected chi connectivity index (χ1v) is 11.3. The van der Waals surface area contributed by atoms with Crippen molar-refractivity contribution < 1.29 is 9.47 Å². The van der Waals surface area contributed by atoms with Crippen LogP contribution in [0.5, 0.6) is 0 Å². The van der Waals surface area contributed by atoms with Crippen molar-refractivity contribution in [3.8, 4) is 11.3 Å². The summed E-state index contributed by atoms with van der Waals surface area (Å²) in [6, 6.07) is 8.90. The van der Waals surface area contributed by atoms with Gasteiger partial charge in [0.15, 0.2) is 5.65 Å². The van der Waals surface area contributed by atoms with Crippen LogP contribution in [0.3, 0.4) is 0 Å². The van der Waals surface area contributed by atoms with Crippen molar-refractivity contribution >= 4 is 16.6 Å². The van der Waals surface area contributed by atoms with Crippen molar-refractivity contribution in [2.45, 2.75) is 32.8 Å². The van der Waals surface area contributed by atoms with Gasteiger partial charge in [0, 0.05) is 49.4 Å². The summed E-state index contributed by atoms with van der Waals surface area (Å²) in [6.07, 6.45) is 3.75. The molecule has 4 aromatic rings. The molecule has 1 unspecified atom stereocenters. The van der Waals surface area contributed by atoms with Gasteiger partial charge in [-0.3, -0.25) is 4.90 Å². The van der Waals surface area contributed by atoms with Crippen LogP contribution in [0.25, 0.3) is 27.8 Å². The molecular formula is C25H31N5O2. The van der Waals surface area contributed by atoms with Gasteiger partial charge in [-0.25, -0.2) is 9.50 Å². The van der Waals surface area contributed by atoms with Gasteiger partial charge >= 0.3 is 0 Å². The number of H-pyrrole nitrogens is 1. The van der Waals surface area contributed by atoms with Crippen LogP contribution in [0.15, 0.2) is 36.8 Å². The first-order chi connectivity index (χ1) is 15.5.